The van der Waals surface area contributed by atoms with Crippen LogP contribution >= 0.6 is 0 Å². The van der Waals surface area contributed by atoms with Crippen molar-refractivity contribution < 1.29 is 0 Å². The first-order valence-corrected chi connectivity index (χ1v) is 8.05. The number of H-pyrrole nitrogens is 2. The lowest BCUT2D eigenvalue weighted by Gasteiger charge is -2.33. The van der Waals surface area contributed by atoms with Crippen LogP contribution in [0.25, 0.3) is 0 Å². The molecule has 0 aromatic carbocycles. The molecule has 1 saturated heterocycles. The van der Waals surface area contributed by atoms with Crippen molar-refractivity contribution in [3.63, 3.8) is 0 Å². The molecular formula is C14H21N7O. The van der Waals surface area contributed by atoms with Crippen LogP contribution in [0.4, 0.5) is 0 Å². The van der Waals surface area contributed by atoms with Crippen LogP contribution in [0.1, 0.15) is 49.7 Å². The summed E-state index contributed by atoms with van der Waals surface area (Å²) < 4.78 is 1.96. The first-order chi connectivity index (χ1) is 10.8. The molecule has 2 aromatic rings. The molecule has 1 aliphatic carbocycles. The fraction of sp³-hybridized carbons (Fsp3) is 0.714. The number of rotatable bonds is 5. The molecule has 2 fully saturated rings. The summed E-state index contributed by atoms with van der Waals surface area (Å²) in [6.45, 7) is 2.74. The standard InChI is InChI=1S/C14H21N7O/c22-14-15-13(17-18-14)12-3-1-2-6-20(12)8-11-9-21(19-16-11)7-10-4-5-10/h9-10,12H,1-8H2,(H2,15,17,18,22). The van der Waals surface area contributed by atoms with E-state index >= 15 is 0 Å². The lowest BCUT2D eigenvalue weighted by molar-refractivity contribution is 0.132. The summed E-state index contributed by atoms with van der Waals surface area (Å²) in [4.78, 5) is 16.4. The third kappa shape index (κ3) is 2.96. The van der Waals surface area contributed by atoms with Gasteiger partial charge in [0.1, 0.15) is 5.82 Å². The average Bonchev–Trinajstić information content (AvgIpc) is 3.05. The number of hydrogen-bond acceptors (Lipinski definition) is 5. The van der Waals surface area contributed by atoms with Crippen molar-refractivity contribution in [2.75, 3.05) is 6.54 Å². The second kappa shape index (κ2) is 5.68. The SMILES string of the molecule is O=c1[nH]nc(C2CCCCN2Cc2cn(CC3CC3)nn2)[nH]1. The maximum absolute atomic E-state index is 11.3. The van der Waals surface area contributed by atoms with Gasteiger partial charge in [-0.3, -0.25) is 14.6 Å². The van der Waals surface area contributed by atoms with E-state index in [1.54, 1.807) is 0 Å². The highest BCUT2D eigenvalue weighted by atomic mass is 16.1. The van der Waals surface area contributed by atoms with Gasteiger partial charge < -0.3 is 0 Å². The molecule has 8 nitrogen and oxygen atoms in total. The zero-order valence-corrected chi connectivity index (χ0v) is 12.5. The van der Waals surface area contributed by atoms with E-state index in [1.165, 1.54) is 19.3 Å². The summed E-state index contributed by atoms with van der Waals surface area (Å²) in [6, 6.07) is 0.154. The van der Waals surface area contributed by atoms with Crippen molar-refractivity contribution in [1.82, 2.24) is 35.1 Å². The van der Waals surface area contributed by atoms with Crippen molar-refractivity contribution in [3.05, 3.63) is 28.2 Å². The topological polar surface area (TPSA) is 95.5 Å². The molecule has 1 saturated carbocycles. The van der Waals surface area contributed by atoms with Crippen LogP contribution < -0.4 is 5.69 Å². The van der Waals surface area contributed by atoms with Crippen LogP contribution in [0.3, 0.4) is 0 Å². The molecule has 2 aromatic heterocycles. The zero-order valence-electron chi connectivity index (χ0n) is 12.5. The molecule has 1 unspecified atom stereocenters. The van der Waals surface area contributed by atoms with E-state index in [1.807, 2.05) is 4.68 Å². The predicted molar refractivity (Wildman–Crippen MR) is 79.0 cm³/mol. The van der Waals surface area contributed by atoms with Gasteiger partial charge in [-0.05, 0) is 38.1 Å². The van der Waals surface area contributed by atoms with Crippen LogP contribution in [0.5, 0.6) is 0 Å². The number of piperidine rings is 1. The number of likely N-dealkylation sites (tertiary alicyclic amines) is 1. The molecular weight excluding hydrogens is 282 g/mol. The third-order valence-corrected chi connectivity index (χ3v) is 4.54. The Kier molecular flexibility index (Phi) is 3.53. The summed E-state index contributed by atoms with van der Waals surface area (Å²) in [6.07, 6.45) is 8.02. The summed E-state index contributed by atoms with van der Waals surface area (Å²) in [5.41, 5.74) is 0.751. The van der Waals surface area contributed by atoms with E-state index in [4.69, 9.17) is 0 Å². The monoisotopic (exact) mass is 303 g/mol. The molecule has 2 N–H and O–H groups in total. The Labute approximate surface area is 127 Å². The highest BCUT2D eigenvalue weighted by Crippen LogP contribution is 2.31. The molecule has 0 spiro atoms. The first-order valence-electron chi connectivity index (χ1n) is 8.05. The van der Waals surface area contributed by atoms with Crippen LogP contribution in [0.15, 0.2) is 11.0 Å². The lowest BCUT2D eigenvalue weighted by Crippen LogP contribution is -2.33. The minimum atomic E-state index is -0.240. The normalized spacial score (nSPS) is 23.0. The van der Waals surface area contributed by atoms with Gasteiger partial charge in [0.25, 0.3) is 0 Å². The molecule has 0 radical (unpaired) electrons. The van der Waals surface area contributed by atoms with Crippen molar-refractivity contribution in [2.45, 2.75) is 51.2 Å². The van der Waals surface area contributed by atoms with E-state index in [9.17, 15) is 4.79 Å². The number of aromatic nitrogens is 6. The maximum Gasteiger partial charge on any atom is 0.340 e. The van der Waals surface area contributed by atoms with E-state index in [-0.39, 0.29) is 11.7 Å². The summed E-state index contributed by atoms with van der Waals surface area (Å²) in [5.74, 6) is 1.53. The van der Waals surface area contributed by atoms with Crippen molar-refractivity contribution in [3.8, 4) is 0 Å². The fourth-order valence-electron chi connectivity index (χ4n) is 3.20. The maximum atomic E-state index is 11.3. The molecule has 0 amide bonds. The van der Waals surface area contributed by atoms with Gasteiger partial charge in [0.2, 0.25) is 0 Å². The zero-order chi connectivity index (χ0) is 14.9. The van der Waals surface area contributed by atoms with Gasteiger partial charge in [-0.2, -0.15) is 5.10 Å². The van der Waals surface area contributed by atoms with Gasteiger partial charge in [-0.1, -0.05) is 11.6 Å². The Hall–Kier alpha value is -1.96. The van der Waals surface area contributed by atoms with Gasteiger partial charge in [0.05, 0.1) is 11.7 Å². The molecule has 3 heterocycles. The average molecular weight is 303 g/mol. The second-order valence-electron chi connectivity index (χ2n) is 6.42. The van der Waals surface area contributed by atoms with Gasteiger partial charge >= 0.3 is 5.69 Å². The molecule has 4 rings (SSSR count). The van der Waals surface area contributed by atoms with E-state index in [0.717, 1.165) is 49.9 Å². The van der Waals surface area contributed by atoms with Crippen LogP contribution in [0, 0.1) is 5.92 Å². The minimum absolute atomic E-state index is 0.154. The Morgan fingerprint density at radius 1 is 1.27 bits per heavy atom. The van der Waals surface area contributed by atoms with Gasteiger partial charge in [-0.25, -0.2) is 9.89 Å². The van der Waals surface area contributed by atoms with Crippen molar-refractivity contribution >= 4 is 0 Å². The molecule has 118 valence electrons. The van der Waals surface area contributed by atoms with Gasteiger partial charge in [0.15, 0.2) is 0 Å². The first kappa shape index (κ1) is 13.7. The predicted octanol–water partition coefficient (Wildman–Crippen LogP) is 0.827. The van der Waals surface area contributed by atoms with Crippen LogP contribution in [0.2, 0.25) is 0 Å². The molecule has 1 aliphatic heterocycles. The highest BCUT2D eigenvalue weighted by molar-refractivity contribution is 4.99. The molecule has 8 heteroatoms. The van der Waals surface area contributed by atoms with Crippen molar-refractivity contribution in [2.24, 2.45) is 5.92 Å². The summed E-state index contributed by atoms with van der Waals surface area (Å²) in [5, 5.41) is 15.1. The smallest absolute Gasteiger partial charge is 0.292 e. The Morgan fingerprint density at radius 2 is 2.18 bits per heavy atom. The molecule has 0 bridgehead atoms. The van der Waals surface area contributed by atoms with Crippen LogP contribution in [-0.2, 0) is 13.1 Å². The van der Waals surface area contributed by atoms with E-state index < -0.39 is 0 Å². The fourth-order valence-corrected chi connectivity index (χ4v) is 3.20. The Bertz CT molecular complexity index is 683. The highest BCUT2D eigenvalue weighted by Gasteiger charge is 2.27. The van der Waals surface area contributed by atoms with Crippen LogP contribution in [-0.4, -0.2) is 41.6 Å². The number of nitrogens with zero attached hydrogens (tertiary/aromatic N) is 5. The Balaban J connectivity index is 1.46. The molecule has 2 aliphatic rings. The summed E-state index contributed by atoms with van der Waals surface area (Å²) in [7, 11) is 0. The Morgan fingerprint density at radius 3 is 2.95 bits per heavy atom. The number of nitrogens with one attached hydrogen (secondary N) is 2. The molecule has 22 heavy (non-hydrogen) atoms. The van der Waals surface area contributed by atoms with Gasteiger partial charge in [-0.15, -0.1) is 5.10 Å². The van der Waals surface area contributed by atoms with Crippen molar-refractivity contribution in [1.29, 1.82) is 0 Å². The van der Waals surface area contributed by atoms with Gasteiger partial charge in [0, 0.05) is 19.3 Å². The summed E-state index contributed by atoms with van der Waals surface area (Å²) >= 11 is 0. The molecule has 1 atom stereocenters. The lowest BCUT2D eigenvalue weighted by atomic mass is 10.0. The number of hydrogen-bond donors (Lipinski definition) is 2. The third-order valence-electron chi connectivity index (χ3n) is 4.54. The largest absolute Gasteiger partial charge is 0.340 e. The van der Waals surface area contributed by atoms with E-state index in [2.05, 4.69) is 36.6 Å². The second-order valence-corrected chi connectivity index (χ2v) is 6.42. The quantitative estimate of drug-likeness (QED) is 0.853. The van der Waals surface area contributed by atoms with E-state index in [0.29, 0.717) is 0 Å². The minimum Gasteiger partial charge on any atom is -0.292 e. The number of aromatic amines is 2.